The van der Waals surface area contributed by atoms with E-state index in [-0.39, 0.29) is 5.82 Å². The Morgan fingerprint density at radius 1 is 1.50 bits per heavy atom. The number of fused-ring (bicyclic) bond motifs is 1. The van der Waals surface area contributed by atoms with E-state index >= 15 is 0 Å². The van der Waals surface area contributed by atoms with Crippen molar-refractivity contribution in [1.82, 2.24) is 9.55 Å². The van der Waals surface area contributed by atoms with E-state index < -0.39 is 0 Å². The van der Waals surface area contributed by atoms with Crippen LogP contribution in [0.5, 0.6) is 0 Å². The largest absolute Gasteiger partial charge is 0.369 e. The van der Waals surface area contributed by atoms with Gasteiger partial charge in [-0.05, 0) is 43.9 Å². The van der Waals surface area contributed by atoms with Crippen molar-refractivity contribution in [3.8, 4) is 0 Å². The molecule has 4 heteroatoms. The maximum atomic E-state index is 13.2. The van der Waals surface area contributed by atoms with Crippen LogP contribution < -0.4 is 5.73 Å². The summed E-state index contributed by atoms with van der Waals surface area (Å²) in [5.41, 5.74) is 7.47. The molecular weight excluding hydrogens is 205 g/mol. The molecule has 3 rings (SSSR count). The van der Waals surface area contributed by atoms with E-state index in [9.17, 15) is 4.39 Å². The summed E-state index contributed by atoms with van der Waals surface area (Å²) < 4.78 is 15.2. The van der Waals surface area contributed by atoms with Gasteiger partial charge in [-0.25, -0.2) is 9.37 Å². The van der Waals surface area contributed by atoms with Crippen molar-refractivity contribution >= 4 is 17.0 Å². The monoisotopic (exact) mass is 219 g/mol. The van der Waals surface area contributed by atoms with Crippen LogP contribution in [0.2, 0.25) is 0 Å². The van der Waals surface area contributed by atoms with Gasteiger partial charge in [-0.2, -0.15) is 0 Å². The molecule has 0 aliphatic heterocycles. The molecule has 0 amide bonds. The first kappa shape index (κ1) is 9.63. The molecule has 84 valence electrons. The molecule has 1 heterocycles. The Morgan fingerprint density at radius 2 is 2.25 bits per heavy atom. The summed E-state index contributed by atoms with van der Waals surface area (Å²) >= 11 is 0. The standard InChI is InChI=1S/C12H14FN3/c1-7(8-2-3-8)16-11-6-9(13)4-5-10(11)15-12(16)14/h4-8H,2-3H2,1H3,(H2,14,15). The first-order valence-corrected chi connectivity index (χ1v) is 5.60. The first-order valence-electron chi connectivity index (χ1n) is 5.60. The minimum atomic E-state index is -0.239. The molecule has 0 bridgehead atoms. The van der Waals surface area contributed by atoms with Gasteiger partial charge in [-0.1, -0.05) is 0 Å². The van der Waals surface area contributed by atoms with Gasteiger partial charge in [0.2, 0.25) is 5.95 Å². The Balaban J connectivity index is 2.20. The lowest BCUT2D eigenvalue weighted by atomic mass is 10.2. The summed E-state index contributed by atoms with van der Waals surface area (Å²) in [6.07, 6.45) is 2.46. The zero-order valence-electron chi connectivity index (χ0n) is 9.15. The van der Waals surface area contributed by atoms with E-state index in [0.717, 1.165) is 11.0 Å². The molecule has 1 atom stereocenters. The summed E-state index contributed by atoms with van der Waals surface area (Å²) in [6.45, 7) is 2.13. The van der Waals surface area contributed by atoms with Gasteiger partial charge >= 0.3 is 0 Å². The van der Waals surface area contributed by atoms with Crippen LogP contribution in [0.25, 0.3) is 11.0 Å². The predicted molar refractivity (Wildman–Crippen MR) is 61.5 cm³/mol. The van der Waals surface area contributed by atoms with Crippen LogP contribution in [-0.2, 0) is 0 Å². The Morgan fingerprint density at radius 3 is 2.94 bits per heavy atom. The second kappa shape index (κ2) is 3.20. The molecule has 1 aliphatic carbocycles. The zero-order valence-corrected chi connectivity index (χ0v) is 9.15. The predicted octanol–water partition coefficient (Wildman–Crippen LogP) is 2.73. The van der Waals surface area contributed by atoms with Gasteiger partial charge in [0.15, 0.2) is 0 Å². The highest BCUT2D eigenvalue weighted by Gasteiger charge is 2.31. The molecule has 1 aliphatic rings. The van der Waals surface area contributed by atoms with Gasteiger partial charge in [0.25, 0.3) is 0 Å². The Kier molecular flexibility index (Phi) is 1.93. The van der Waals surface area contributed by atoms with Gasteiger partial charge in [-0.15, -0.1) is 0 Å². The van der Waals surface area contributed by atoms with E-state index in [0.29, 0.717) is 17.9 Å². The molecule has 1 aromatic carbocycles. The van der Waals surface area contributed by atoms with Gasteiger partial charge in [0.1, 0.15) is 5.82 Å². The lowest BCUT2D eigenvalue weighted by molar-refractivity contribution is 0.503. The fourth-order valence-electron chi connectivity index (χ4n) is 2.30. The highest BCUT2D eigenvalue weighted by molar-refractivity contribution is 5.78. The number of hydrogen-bond acceptors (Lipinski definition) is 2. The van der Waals surface area contributed by atoms with Crippen LogP contribution in [0.4, 0.5) is 10.3 Å². The summed E-state index contributed by atoms with van der Waals surface area (Å²) in [6, 6.07) is 4.92. The molecule has 0 radical (unpaired) electrons. The van der Waals surface area contributed by atoms with E-state index in [1.165, 1.54) is 25.0 Å². The molecule has 0 spiro atoms. The van der Waals surface area contributed by atoms with Gasteiger partial charge in [0.05, 0.1) is 11.0 Å². The van der Waals surface area contributed by atoms with Crippen molar-refractivity contribution in [2.24, 2.45) is 5.92 Å². The van der Waals surface area contributed by atoms with Gasteiger partial charge in [-0.3, -0.25) is 0 Å². The van der Waals surface area contributed by atoms with Crippen LogP contribution in [0.1, 0.15) is 25.8 Å². The van der Waals surface area contributed by atoms with E-state index in [2.05, 4.69) is 11.9 Å². The van der Waals surface area contributed by atoms with E-state index in [4.69, 9.17) is 5.73 Å². The Bertz CT molecular complexity index is 542. The lowest BCUT2D eigenvalue weighted by Gasteiger charge is -2.14. The SMILES string of the molecule is CC(C1CC1)n1c(N)nc2ccc(F)cc21. The number of imidazole rings is 1. The first-order chi connectivity index (χ1) is 7.66. The van der Waals surface area contributed by atoms with Crippen LogP contribution in [0, 0.1) is 11.7 Å². The number of hydrogen-bond donors (Lipinski definition) is 1. The summed E-state index contributed by atoms with van der Waals surface area (Å²) in [5.74, 6) is 0.916. The van der Waals surface area contributed by atoms with Gasteiger partial charge < -0.3 is 10.3 Å². The van der Waals surface area contributed by atoms with Crippen LogP contribution in [0.15, 0.2) is 18.2 Å². The fourth-order valence-corrected chi connectivity index (χ4v) is 2.30. The lowest BCUT2D eigenvalue weighted by Crippen LogP contribution is -2.10. The molecule has 16 heavy (non-hydrogen) atoms. The van der Waals surface area contributed by atoms with Crippen molar-refractivity contribution in [1.29, 1.82) is 0 Å². The minimum Gasteiger partial charge on any atom is -0.369 e. The molecule has 2 N–H and O–H groups in total. The number of aromatic nitrogens is 2. The molecule has 0 saturated heterocycles. The number of rotatable bonds is 2. The molecule has 2 aromatic rings. The quantitative estimate of drug-likeness (QED) is 0.844. The van der Waals surface area contributed by atoms with Crippen LogP contribution in [-0.4, -0.2) is 9.55 Å². The number of nitrogen functional groups attached to an aromatic ring is 1. The molecule has 1 saturated carbocycles. The third-order valence-corrected chi connectivity index (χ3v) is 3.39. The van der Waals surface area contributed by atoms with E-state index in [1.54, 1.807) is 6.07 Å². The van der Waals surface area contributed by atoms with Crippen LogP contribution in [0.3, 0.4) is 0 Å². The molecule has 1 fully saturated rings. The second-order valence-corrected chi connectivity index (χ2v) is 4.55. The molecule has 1 unspecified atom stereocenters. The molecule has 3 nitrogen and oxygen atoms in total. The average Bonchev–Trinajstić information content (AvgIpc) is 3.01. The van der Waals surface area contributed by atoms with Crippen molar-refractivity contribution in [3.63, 3.8) is 0 Å². The number of nitrogens with two attached hydrogens (primary N) is 1. The highest BCUT2D eigenvalue weighted by atomic mass is 19.1. The van der Waals surface area contributed by atoms with Crippen molar-refractivity contribution in [3.05, 3.63) is 24.0 Å². The van der Waals surface area contributed by atoms with Crippen molar-refractivity contribution < 1.29 is 4.39 Å². The molecular formula is C12H14FN3. The Labute approximate surface area is 93.1 Å². The summed E-state index contributed by atoms with van der Waals surface area (Å²) in [5, 5.41) is 0. The van der Waals surface area contributed by atoms with Crippen molar-refractivity contribution in [2.75, 3.05) is 5.73 Å². The zero-order chi connectivity index (χ0) is 11.3. The third kappa shape index (κ3) is 1.37. The summed E-state index contributed by atoms with van der Waals surface area (Å²) in [4.78, 5) is 4.26. The number of benzene rings is 1. The minimum absolute atomic E-state index is 0.239. The van der Waals surface area contributed by atoms with Gasteiger partial charge in [0, 0.05) is 6.04 Å². The maximum absolute atomic E-state index is 13.2. The number of nitrogens with zero attached hydrogens (tertiary/aromatic N) is 2. The number of halogens is 1. The Hall–Kier alpha value is -1.58. The topological polar surface area (TPSA) is 43.8 Å². The average molecular weight is 219 g/mol. The van der Waals surface area contributed by atoms with E-state index in [1.807, 2.05) is 4.57 Å². The smallest absolute Gasteiger partial charge is 0.201 e. The fraction of sp³-hybridized carbons (Fsp3) is 0.417. The number of anilines is 1. The second-order valence-electron chi connectivity index (χ2n) is 4.55. The third-order valence-electron chi connectivity index (χ3n) is 3.39. The normalized spacial score (nSPS) is 17.9. The highest BCUT2D eigenvalue weighted by Crippen LogP contribution is 2.41. The van der Waals surface area contributed by atoms with Crippen LogP contribution >= 0.6 is 0 Å². The van der Waals surface area contributed by atoms with Crippen molar-refractivity contribution in [2.45, 2.75) is 25.8 Å². The maximum Gasteiger partial charge on any atom is 0.201 e. The molecule has 1 aromatic heterocycles. The summed E-state index contributed by atoms with van der Waals surface area (Å²) in [7, 11) is 0.